The zero-order valence-corrected chi connectivity index (χ0v) is 13.4. The average Bonchev–Trinajstić information content (AvgIpc) is 2.76. The lowest BCUT2D eigenvalue weighted by atomic mass is 10.2. The van der Waals surface area contributed by atoms with Crippen LogP contribution in [0.1, 0.15) is 18.9 Å². The normalized spacial score (nSPS) is 11.8. The van der Waals surface area contributed by atoms with Crippen molar-refractivity contribution in [3.8, 4) is 0 Å². The molecule has 0 spiro atoms. The maximum absolute atomic E-state index is 5.75. The van der Waals surface area contributed by atoms with Crippen LogP contribution < -0.4 is 5.73 Å². The van der Waals surface area contributed by atoms with E-state index in [-0.39, 0.29) is 0 Å². The van der Waals surface area contributed by atoms with Gasteiger partial charge in [-0.05, 0) is 57.8 Å². The van der Waals surface area contributed by atoms with Crippen molar-refractivity contribution in [1.82, 2.24) is 14.8 Å². The van der Waals surface area contributed by atoms with E-state index in [0.717, 1.165) is 31.7 Å². The molecule has 2 N–H and O–H groups in total. The van der Waals surface area contributed by atoms with Crippen molar-refractivity contribution in [3.05, 3.63) is 23.8 Å². The molecule has 1 aromatic heterocycles. The number of anilines is 1. The van der Waals surface area contributed by atoms with E-state index < -0.39 is 0 Å². The Balaban J connectivity index is 1.97. The second kappa shape index (κ2) is 7.02. The van der Waals surface area contributed by atoms with E-state index in [1.807, 2.05) is 0 Å². The number of fused-ring (bicyclic) bond motifs is 1. The minimum absolute atomic E-state index is 0.649. The van der Waals surface area contributed by atoms with Gasteiger partial charge in [-0.1, -0.05) is 24.3 Å². The van der Waals surface area contributed by atoms with E-state index in [2.05, 4.69) is 54.0 Å². The van der Waals surface area contributed by atoms with Crippen molar-refractivity contribution < 1.29 is 0 Å². The Morgan fingerprint density at radius 3 is 2.75 bits per heavy atom. The molecule has 20 heavy (non-hydrogen) atoms. The standard InChI is InChI=1S/C15H24N4S/c1-4-19(9-5-8-18(2)3)11-12-6-7-13-14(10-12)20-15(16)17-13/h6-7,10H,4-5,8-9,11H2,1-3H3,(H2,16,17). The number of hydrogen-bond donors (Lipinski definition) is 1. The third-order valence-corrected chi connectivity index (χ3v) is 4.25. The maximum Gasteiger partial charge on any atom is 0.181 e. The fourth-order valence-electron chi connectivity index (χ4n) is 2.30. The first-order valence-corrected chi connectivity index (χ1v) is 7.92. The summed E-state index contributed by atoms with van der Waals surface area (Å²) in [5.74, 6) is 0. The summed E-state index contributed by atoms with van der Waals surface area (Å²) in [5, 5.41) is 0.649. The lowest BCUT2D eigenvalue weighted by Gasteiger charge is -2.21. The SMILES string of the molecule is CCN(CCCN(C)C)Cc1ccc2nc(N)sc2c1. The highest BCUT2D eigenvalue weighted by Gasteiger charge is 2.06. The van der Waals surface area contributed by atoms with Crippen molar-refractivity contribution in [3.63, 3.8) is 0 Å². The fraction of sp³-hybridized carbons (Fsp3) is 0.533. The van der Waals surface area contributed by atoms with Crippen molar-refractivity contribution >= 4 is 26.7 Å². The molecular weight excluding hydrogens is 268 g/mol. The van der Waals surface area contributed by atoms with Gasteiger partial charge in [0.2, 0.25) is 0 Å². The van der Waals surface area contributed by atoms with Crippen molar-refractivity contribution in [2.75, 3.05) is 39.5 Å². The molecule has 0 saturated heterocycles. The highest BCUT2D eigenvalue weighted by Crippen LogP contribution is 2.25. The van der Waals surface area contributed by atoms with E-state index >= 15 is 0 Å². The van der Waals surface area contributed by atoms with E-state index in [0.29, 0.717) is 5.13 Å². The number of benzene rings is 1. The molecule has 2 aromatic rings. The number of aromatic nitrogens is 1. The average molecular weight is 292 g/mol. The van der Waals surface area contributed by atoms with E-state index in [1.54, 1.807) is 11.3 Å². The van der Waals surface area contributed by atoms with Gasteiger partial charge in [-0.25, -0.2) is 4.98 Å². The number of nitrogen functional groups attached to an aromatic ring is 1. The molecule has 2 rings (SSSR count). The van der Waals surface area contributed by atoms with Crippen molar-refractivity contribution in [2.24, 2.45) is 0 Å². The van der Waals surface area contributed by atoms with E-state index in [9.17, 15) is 0 Å². The predicted octanol–water partition coefficient (Wildman–Crippen LogP) is 2.65. The molecule has 0 saturated carbocycles. The molecule has 0 aliphatic carbocycles. The Labute approximate surface area is 125 Å². The summed E-state index contributed by atoms with van der Waals surface area (Å²) >= 11 is 1.56. The Morgan fingerprint density at radius 2 is 2.05 bits per heavy atom. The molecule has 1 heterocycles. The lowest BCUT2D eigenvalue weighted by molar-refractivity contribution is 0.259. The predicted molar refractivity (Wildman–Crippen MR) is 88.2 cm³/mol. The van der Waals surface area contributed by atoms with Gasteiger partial charge in [0, 0.05) is 6.54 Å². The summed E-state index contributed by atoms with van der Waals surface area (Å²) in [7, 11) is 4.25. The first-order valence-electron chi connectivity index (χ1n) is 7.10. The van der Waals surface area contributed by atoms with Crippen LogP contribution in [0.2, 0.25) is 0 Å². The molecule has 4 nitrogen and oxygen atoms in total. The van der Waals surface area contributed by atoms with Crippen LogP contribution >= 0.6 is 11.3 Å². The van der Waals surface area contributed by atoms with Crippen molar-refractivity contribution in [2.45, 2.75) is 19.9 Å². The maximum atomic E-state index is 5.75. The molecule has 0 bridgehead atoms. The third kappa shape index (κ3) is 4.16. The summed E-state index contributed by atoms with van der Waals surface area (Å²) in [6, 6.07) is 6.46. The highest BCUT2D eigenvalue weighted by atomic mass is 32.1. The minimum Gasteiger partial charge on any atom is -0.375 e. The second-order valence-corrected chi connectivity index (χ2v) is 6.44. The summed E-state index contributed by atoms with van der Waals surface area (Å²) in [6.07, 6.45) is 1.20. The van der Waals surface area contributed by atoms with Crippen LogP contribution in [0.4, 0.5) is 5.13 Å². The molecule has 0 fully saturated rings. The molecule has 1 aromatic carbocycles. The van der Waals surface area contributed by atoms with Crippen LogP contribution in [-0.4, -0.2) is 48.5 Å². The van der Waals surface area contributed by atoms with Crippen LogP contribution in [0.15, 0.2) is 18.2 Å². The summed E-state index contributed by atoms with van der Waals surface area (Å²) < 4.78 is 1.18. The van der Waals surface area contributed by atoms with E-state index in [4.69, 9.17) is 5.73 Å². The Morgan fingerprint density at radius 1 is 1.25 bits per heavy atom. The lowest BCUT2D eigenvalue weighted by Crippen LogP contribution is -2.26. The molecule has 0 aliphatic rings. The van der Waals surface area contributed by atoms with Gasteiger partial charge in [0.05, 0.1) is 10.2 Å². The highest BCUT2D eigenvalue weighted by molar-refractivity contribution is 7.22. The van der Waals surface area contributed by atoms with E-state index in [1.165, 1.54) is 16.7 Å². The van der Waals surface area contributed by atoms with Crippen LogP contribution in [0.3, 0.4) is 0 Å². The molecule has 110 valence electrons. The van der Waals surface area contributed by atoms with Crippen LogP contribution in [-0.2, 0) is 6.54 Å². The van der Waals surface area contributed by atoms with Crippen LogP contribution in [0.25, 0.3) is 10.2 Å². The van der Waals surface area contributed by atoms with Gasteiger partial charge in [-0.3, -0.25) is 4.90 Å². The molecule has 0 aliphatic heterocycles. The fourth-order valence-corrected chi connectivity index (χ4v) is 3.10. The van der Waals surface area contributed by atoms with Gasteiger partial charge in [-0.15, -0.1) is 0 Å². The Bertz CT molecular complexity index is 550. The molecule has 0 radical (unpaired) electrons. The minimum atomic E-state index is 0.649. The Hall–Kier alpha value is -1.17. The first kappa shape index (κ1) is 15.2. The summed E-state index contributed by atoms with van der Waals surface area (Å²) in [6.45, 7) is 6.57. The number of rotatable bonds is 7. The van der Waals surface area contributed by atoms with Gasteiger partial charge in [0.15, 0.2) is 5.13 Å². The molecular formula is C15H24N4S. The molecule has 0 atom stereocenters. The van der Waals surface area contributed by atoms with Gasteiger partial charge in [0.1, 0.15) is 0 Å². The zero-order valence-electron chi connectivity index (χ0n) is 12.6. The molecule has 5 heteroatoms. The Kier molecular flexibility index (Phi) is 5.34. The van der Waals surface area contributed by atoms with Crippen molar-refractivity contribution in [1.29, 1.82) is 0 Å². The van der Waals surface area contributed by atoms with Crippen LogP contribution in [0.5, 0.6) is 0 Å². The van der Waals surface area contributed by atoms with Gasteiger partial charge in [-0.2, -0.15) is 0 Å². The third-order valence-electron chi connectivity index (χ3n) is 3.40. The largest absolute Gasteiger partial charge is 0.375 e. The monoisotopic (exact) mass is 292 g/mol. The quantitative estimate of drug-likeness (QED) is 0.852. The second-order valence-electron chi connectivity index (χ2n) is 5.38. The van der Waals surface area contributed by atoms with Gasteiger partial charge < -0.3 is 10.6 Å². The molecule has 0 amide bonds. The zero-order chi connectivity index (χ0) is 14.5. The summed E-state index contributed by atoms with van der Waals surface area (Å²) in [5.41, 5.74) is 8.10. The summed E-state index contributed by atoms with van der Waals surface area (Å²) in [4.78, 5) is 9.02. The number of nitrogens with zero attached hydrogens (tertiary/aromatic N) is 3. The topological polar surface area (TPSA) is 45.4 Å². The number of hydrogen-bond acceptors (Lipinski definition) is 5. The van der Waals surface area contributed by atoms with Gasteiger partial charge in [0.25, 0.3) is 0 Å². The number of nitrogens with two attached hydrogens (primary N) is 1. The van der Waals surface area contributed by atoms with Gasteiger partial charge >= 0.3 is 0 Å². The first-order chi connectivity index (χ1) is 9.58. The molecule has 0 unspecified atom stereocenters. The smallest absolute Gasteiger partial charge is 0.181 e. The van der Waals surface area contributed by atoms with Crippen LogP contribution in [0, 0.1) is 0 Å². The number of thiazole rings is 1.